The molecule has 4 aliphatic rings. The summed E-state index contributed by atoms with van der Waals surface area (Å²) in [6, 6.07) is 3.50. The lowest BCUT2D eigenvalue weighted by Gasteiger charge is -2.46. The van der Waals surface area contributed by atoms with Gasteiger partial charge < -0.3 is 9.50 Å². The third-order valence-corrected chi connectivity index (χ3v) is 7.97. The summed E-state index contributed by atoms with van der Waals surface area (Å²) in [5.74, 6) is 0.658. The van der Waals surface area contributed by atoms with Gasteiger partial charge in [-0.05, 0) is 86.7 Å². The van der Waals surface area contributed by atoms with Gasteiger partial charge in [-0.15, -0.1) is 5.10 Å². The Labute approximate surface area is 188 Å². The number of aryl methyl sites for hydroxylation is 2. The third-order valence-electron chi connectivity index (χ3n) is 7.30. The van der Waals surface area contributed by atoms with Gasteiger partial charge in [-0.3, -0.25) is 4.90 Å². The number of rotatable bonds is 7. The van der Waals surface area contributed by atoms with Crippen molar-refractivity contribution in [3.8, 4) is 6.01 Å². The van der Waals surface area contributed by atoms with Crippen LogP contribution in [0.1, 0.15) is 47.9 Å². The Bertz CT molecular complexity index is 919. The number of hydrogen-bond donors (Lipinski definition) is 2. The number of likely N-dealkylation sites (tertiary alicyclic amines) is 1. The molecule has 2 aliphatic heterocycles. The zero-order valence-electron chi connectivity index (χ0n) is 18.2. The van der Waals surface area contributed by atoms with Crippen molar-refractivity contribution in [1.82, 2.24) is 29.5 Å². The molecule has 2 aliphatic carbocycles. The number of hydrazine groups is 1. The summed E-state index contributed by atoms with van der Waals surface area (Å²) in [7, 11) is 2.03. The minimum Gasteiger partial charge on any atom is -0.370 e. The fourth-order valence-corrected chi connectivity index (χ4v) is 6.04. The van der Waals surface area contributed by atoms with Crippen molar-refractivity contribution in [2.45, 2.75) is 57.4 Å². The highest BCUT2D eigenvalue weighted by molar-refractivity contribution is 7.92. The van der Waals surface area contributed by atoms with E-state index in [-0.39, 0.29) is 0 Å². The van der Waals surface area contributed by atoms with Crippen LogP contribution >= 0.6 is 12.2 Å². The lowest BCUT2D eigenvalue weighted by atomic mass is 9.99. The van der Waals surface area contributed by atoms with Gasteiger partial charge in [0.25, 0.3) is 0 Å². The smallest absolute Gasteiger partial charge is 0.350 e. The van der Waals surface area contributed by atoms with Crippen molar-refractivity contribution in [3.05, 3.63) is 28.3 Å². The molecule has 6 rings (SSSR count). The van der Waals surface area contributed by atoms with E-state index in [0.717, 1.165) is 25.9 Å². The lowest BCUT2D eigenvalue weighted by Crippen LogP contribution is -2.61. The van der Waals surface area contributed by atoms with Crippen LogP contribution in [0, 0.1) is 0 Å². The zero-order valence-corrected chi connectivity index (χ0v) is 19.0. The molecule has 0 saturated carbocycles. The van der Waals surface area contributed by atoms with Gasteiger partial charge in [-0.2, -0.15) is 9.40 Å². The molecule has 31 heavy (non-hydrogen) atoms. The van der Waals surface area contributed by atoms with Crippen molar-refractivity contribution >= 4 is 23.9 Å². The molecule has 166 valence electrons. The predicted molar refractivity (Wildman–Crippen MR) is 122 cm³/mol. The molecule has 0 spiro atoms. The topological polar surface area (TPSA) is 72.5 Å². The molecule has 1 aromatic carbocycles. The van der Waals surface area contributed by atoms with Gasteiger partial charge in [-0.25, -0.2) is 10.1 Å². The average molecular weight is 442 g/mol. The predicted octanol–water partition coefficient (Wildman–Crippen LogP) is 3.09. The van der Waals surface area contributed by atoms with Crippen LogP contribution in [0.25, 0.3) is 0 Å². The van der Waals surface area contributed by atoms with E-state index >= 15 is 0 Å². The minimum absolute atomic E-state index is 0.361. The Morgan fingerprint density at radius 1 is 1.06 bits per heavy atom. The summed E-state index contributed by atoms with van der Waals surface area (Å²) in [5.41, 5.74) is 7.23. The number of aromatic nitrogens is 3. The second-order valence-corrected chi connectivity index (χ2v) is 10.1. The van der Waals surface area contributed by atoms with Crippen LogP contribution in [0.3, 0.4) is 0 Å². The van der Waals surface area contributed by atoms with Gasteiger partial charge in [0.1, 0.15) is 0 Å². The number of nitrogens with zero attached hydrogens (tertiary/aromatic N) is 5. The maximum Gasteiger partial charge on any atom is 0.350 e. The first-order chi connectivity index (χ1) is 15.2. The van der Waals surface area contributed by atoms with Gasteiger partial charge in [-0.1, -0.05) is 6.07 Å². The first-order valence-corrected chi connectivity index (χ1v) is 12.4. The van der Waals surface area contributed by atoms with Crippen LogP contribution in [0.5, 0.6) is 6.01 Å². The molecule has 0 bridgehead atoms. The van der Waals surface area contributed by atoms with Crippen LogP contribution in [0.4, 0.5) is 11.6 Å². The Morgan fingerprint density at radius 3 is 2.48 bits per heavy atom. The molecule has 2 N–H and O–H groups in total. The SMILES string of the molecule is CN(SOc1n[nH]c(Nc2c3c(cc4c2CCC4)CCC3)n1)N1CC(N2CCCC2)C1. The highest BCUT2D eigenvalue weighted by Crippen LogP contribution is 2.39. The molecule has 0 atom stereocenters. The molecule has 0 radical (unpaired) electrons. The van der Waals surface area contributed by atoms with Crippen LogP contribution in [-0.4, -0.2) is 68.8 Å². The Morgan fingerprint density at radius 2 is 1.77 bits per heavy atom. The molecule has 2 saturated heterocycles. The molecule has 3 heterocycles. The van der Waals surface area contributed by atoms with Crippen LogP contribution in [0.2, 0.25) is 0 Å². The lowest BCUT2D eigenvalue weighted by molar-refractivity contribution is -0.0455. The maximum atomic E-state index is 5.78. The molecule has 8 nitrogen and oxygen atoms in total. The monoisotopic (exact) mass is 441 g/mol. The van der Waals surface area contributed by atoms with Gasteiger partial charge >= 0.3 is 6.01 Å². The summed E-state index contributed by atoms with van der Waals surface area (Å²) in [6.45, 7) is 4.65. The maximum absolute atomic E-state index is 5.78. The van der Waals surface area contributed by atoms with E-state index in [4.69, 9.17) is 4.18 Å². The molecular weight excluding hydrogens is 410 g/mol. The Hall–Kier alpha value is -1.81. The first-order valence-electron chi connectivity index (χ1n) is 11.7. The van der Waals surface area contributed by atoms with E-state index in [1.807, 2.05) is 11.5 Å². The van der Waals surface area contributed by atoms with E-state index < -0.39 is 0 Å². The summed E-state index contributed by atoms with van der Waals surface area (Å²) >= 11 is 1.29. The molecule has 1 aromatic heterocycles. The first kappa shape index (κ1) is 19.8. The van der Waals surface area contributed by atoms with E-state index in [2.05, 4.69) is 36.5 Å². The van der Waals surface area contributed by atoms with Crippen molar-refractivity contribution in [3.63, 3.8) is 0 Å². The second kappa shape index (κ2) is 8.27. The zero-order chi connectivity index (χ0) is 20.8. The standard InChI is InChI=1S/C22H31N7OS/c1-27(29-13-17(14-29)28-10-2-3-11-28)31-30-22-24-21(25-26-22)23-20-18-8-4-6-15(18)12-16-7-5-9-19(16)20/h12,17H,2-11,13-14H2,1H3,(H2,23,24,25,26). The Balaban J connectivity index is 1.06. The van der Waals surface area contributed by atoms with E-state index in [1.54, 1.807) is 0 Å². The van der Waals surface area contributed by atoms with Gasteiger partial charge in [0.15, 0.2) is 12.2 Å². The molecule has 0 amide bonds. The number of anilines is 2. The van der Waals surface area contributed by atoms with Crippen molar-refractivity contribution in [1.29, 1.82) is 0 Å². The molecular formula is C22H31N7OS. The highest BCUT2D eigenvalue weighted by atomic mass is 32.2. The van der Waals surface area contributed by atoms with Crippen LogP contribution < -0.4 is 9.50 Å². The number of aromatic amines is 1. The van der Waals surface area contributed by atoms with Gasteiger partial charge in [0.05, 0.1) is 0 Å². The summed E-state index contributed by atoms with van der Waals surface area (Å²) in [4.78, 5) is 7.15. The van der Waals surface area contributed by atoms with Crippen molar-refractivity contribution in [2.24, 2.45) is 0 Å². The second-order valence-electron chi connectivity index (χ2n) is 9.22. The number of hydrogen-bond acceptors (Lipinski definition) is 8. The Kier molecular flexibility index (Phi) is 5.30. The highest BCUT2D eigenvalue weighted by Gasteiger charge is 2.35. The van der Waals surface area contributed by atoms with Crippen LogP contribution in [0.15, 0.2) is 6.07 Å². The number of H-pyrrole nitrogens is 1. The fourth-order valence-electron chi connectivity index (χ4n) is 5.56. The van der Waals surface area contributed by atoms with Crippen LogP contribution in [-0.2, 0) is 25.7 Å². The molecule has 9 heteroatoms. The number of benzene rings is 1. The number of fused-ring (bicyclic) bond motifs is 2. The molecule has 2 fully saturated rings. The molecule has 0 unspecified atom stereocenters. The summed E-state index contributed by atoms with van der Waals surface area (Å²) < 4.78 is 7.83. The molecule has 2 aromatic rings. The van der Waals surface area contributed by atoms with E-state index in [0.29, 0.717) is 18.0 Å². The largest absolute Gasteiger partial charge is 0.370 e. The van der Waals surface area contributed by atoms with E-state index in [9.17, 15) is 0 Å². The van der Waals surface area contributed by atoms with Crippen molar-refractivity contribution < 1.29 is 4.18 Å². The number of nitrogens with one attached hydrogen (secondary N) is 2. The summed E-state index contributed by atoms with van der Waals surface area (Å²) in [5, 5.41) is 13.1. The summed E-state index contributed by atoms with van der Waals surface area (Å²) in [6.07, 6.45) is 9.88. The van der Waals surface area contributed by atoms with Crippen molar-refractivity contribution in [2.75, 3.05) is 38.5 Å². The van der Waals surface area contributed by atoms with E-state index in [1.165, 1.54) is 91.8 Å². The third kappa shape index (κ3) is 3.82. The quantitative estimate of drug-likeness (QED) is 0.502. The minimum atomic E-state index is 0.361. The average Bonchev–Trinajstić information content (AvgIpc) is 3.51. The fraction of sp³-hybridized carbons (Fsp3) is 0.636. The van der Waals surface area contributed by atoms with Gasteiger partial charge in [0.2, 0.25) is 5.95 Å². The van der Waals surface area contributed by atoms with Gasteiger partial charge in [0, 0.05) is 31.9 Å². The normalized spacial score (nSPS) is 21.5.